The van der Waals surface area contributed by atoms with Gasteiger partial charge in [-0.05, 0) is 6.42 Å². The minimum Gasteiger partial charge on any atom is -0.322 e. The van der Waals surface area contributed by atoms with Crippen LogP contribution >= 0.6 is 11.3 Å². The van der Waals surface area contributed by atoms with E-state index in [4.69, 9.17) is 5.73 Å². The number of rotatable bonds is 3. The van der Waals surface area contributed by atoms with Crippen molar-refractivity contribution in [2.45, 2.75) is 32.0 Å². The minimum atomic E-state index is -4.23. The van der Waals surface area contributed by atoms with Crippen molar-refractivity contribution in [2.24, 2.45) is 5.73 Å². The number of hydrogen-bond acceptors (Lipinski definition) is 4. The Bertz CT molecular complexity index is 297. The summed E-state index contributed by atoms with van der Waals surface area (Å²) in [4.78, 5) is 0. The molecule has 7 heteroatoms. The van der Waals surface area contributed by atoms with Crippen molar-refractivity contribution in [2.75, 3.05) is 0 Å². The Labute approximate surface area is 83.1 Å². The van der Waals surface area contributed by atoms with E-state index in [0.29, 0.717) is 11.4 Å². The first-order valence-corrected chi connectivity index (χ1v) is 4.88. The van der Waals surface area contributed by atoms with Crippen LogP contribution < -0.4 is 5.73 Å². The summed E-state index contributed by atoms with van der Waals surface area (Å²) in [5, 5.41) is 7.49. The van der Waals surface area contributed by atoms with Crippen molar-refractivity contribution < 1.29 is 13.2 Å². The number of alkyl halides is 3. The molecule has 1 aromatic rings. The fraction of sp³-hybridized carbons (Fsp3) is 0.714. The van der Waals surface area contributed by atoms with Crippen molar-refractivity contribution in [3.05, 3.63) is 10.0 Å². The van der Waals surface area contributed by atoms with Gasteiger partial charge in [-0.15, -0.1) is 10.2 Å². The predicted molar refractivity (Wildman–Crippen MR) is 46.9 cm³/mol. The van der Waals surface area contributed by atoms with E-state index in [1.807, 2.05) is 6.92 Å². The molecule has 0 amide bonds. The molecule has 1 unspecified atom stereocenters. The molecule has 0 aromatic carbocycles. The van der Waals surface area contributed by atoms with Gasteiger partial charge in [0.05, 0.1) is 12.5 Å². The fourth-order valence-corrected chi connectivity index (χ4v) is 1.79. The molecule has 0 saturated heterocycles. The van der Waals surface area contributed by atoms with Crippen LogP contribution in [-0.4, -0.2) is 16.4 Å². The highest BCUT2D eigenvalue weighted by molar-refractivity contribution is 7.11. The standard InChI is InChI=1S/C7H10F3N3S/c1-2-4(11)6-13-12-5(14-6)3-7(8,9)10/h4H,2-3,11H2,1H3. The Morgan fingerprint density at radius 1 is 1.43 bits per heavy atom. The van der Waals surface area contributed by atoms with Gasteiger partial charge >= 0.3 is 6.18 Å². The van der Waals surface area contributed by atoms with Gasteiger partial charge in [-0.25, -0.2) is 0 Å². The first kappa shape index (κ1) is 11.4. The molecule has 3 nitrogen and oxygen atoms in total. The smallest absolute Gasteiger partial charge is 0.322 e. The van der Waals surface area contributed by atoms with E-state index in [-0.39, 0.29) is 11.0 Å². The zero-order chi connectivity index (χ0) is 10.8. The van der Waals surface area contributed by atoms with Gasteiger partial charge in [-0.3, -0.25) is 0 Å². The summed E-state index contributed by atoms with van der Waals surface area (Å²) in [6, 6.07) is -0.311. The maximum atomic E-state index is 11.9. The predicted octanol–water partition coefficient (Wildman–Crippen LogP) is 2.05. The summed E-state index contributed by atoms with van der Waals surface area (Å²) in [7, 11) is 0. The Morgan fingerprint density at radius 2 is 2.07 bits per heavy atom. The Kier molecular flexibility index (Phi) is 3.43. The first-order chi connectivity index (χ1) is 6.42. The molecule has 0 aliphatic carbocycles. The maximum Gasteiger partial charge on any atom is 0.395 e. The van der Waals surface area contributed by atoms with E-state index in [9.17, 15) is 13.2 Å². The molecule has 0 radical (unpaired) electrons. The van der Waals surface area contributed by atoms with Gasteiger partial charge in [-0.2, -0.15) is 13.2 Å². The second-order valence-corrected chi connectivity index (χ2v) is 3.93. The van der Waals surface area contributed by atoms with Gasteiger partial charge in [0.15, 0.2) is 0 Å². The molecule has 0 aliphatic rings. The third-order valence-electron chi connectivity index (χ3n) is 1.59. The molecule has 0 saturated carbocycles. The number of aromatic nitrogens is 2. The van der Waals surface area contributed by atoms with Gasteiger partial charge in [0.25, 0.3) is 0 Å². The van der Waals surface area contributed by atoms with Crippen molar-refractivity contribution in [3.63, 3.8) is 0 Å². The molecular formula is C7H10F3N3S. The van der Waals surface area contributed by atoms with E-state index in [1.165, 1.54) is 0 Å². The number of nitrogens with zero attached hydrogens (tertiary/aromatic N) is 2. The average molecular weight is 225 g/mol. The topological polar surface area (TPSA) is 51.8 Å². The molecule has 0 aliphatic heterocycles. The largest absolute Gasteiger partial charge is 0.395 e. The molecule has 0 spiro atoms. The molecule has 1 rings (SSSR count). The molecular weight excluding hydrogens is 215 g/mol. The van der Waals surface area contributed by atoms with E-state index in [0.717, 1.165) is 11.3 Å². The second-order valence-electron chi connectivity index (χ2n) is 2.84. The van der Waals surface area contributed by atoms with Gasteiger partial charge in [0.2, 0.25) is 0 Å². The van der Waals surface area contributed by atoms with E-state index >= 15 is 0 Å². The molecule has 1 aromatic heterocycles. The number of hydrogen-bond donors (Lipinski definition) is 1. The summed E-state index contributed by atoms with van der Waals surface area (Å²) >= 11 is 0.925. The summed E-state index contributed by atoms with van der Waals surface area (Å²) < 4.78 is 35.8. The van der Waals surface area contributed by atoms with Gasteiger partial charge in [0, 0.05) is 0 Å². The van der Waals surface area contributed by atoms with E-state index < -0.39 is 12.6 Å². The zero-order valence-electron chi connectivity index (χ0n) is 7.51. The average Bonchev–Trinajstić information content (AvgIpc) is 2.48. The molecule has 80 valence electrons. The van der Waals surface area contributed by atoms with Crippen molar-refractivity contribution in [1.82, 2.24) is 10.2 Å². The maximum absolute atomic E-state index is 11.9. The molecule has 2 N–H and O–H groups in total. The quantitative estimate of drug-likeness (QED) is 0.856. The highest BCUT2D eigenvalue weighted by Crippen LogP contribution is 2.25. The summed E-state index contributed by atoms with van der Waals surface area (Å²) in [5.74, 6) is 0. The molecule has 1 heterocycles. The lowest BCUT2D eigenvalue weighted by molar-refractivity contribution is -0.127. The third kappa shape index (κ3) is 3.22. The molecule has 0 bridgehead atoms. The SMILES string of the molecule is CCC(N)c1nnc(CC(F)(F)F)s1. The third-order valence-corrected chi connectivity index (χ3v) is 2.65. The summed E-state index contributed by atoms with van der Waals surface area (Å²) in [6.07, 6.45) is -4.62. The van der Waals surface area contributed by atoms with Gasteiger partial charge < -0.3 is 5.73 Å². The van der Waals surface area contributed by atoms with Crippen molar-refractivity contribution in [1.29, 1.82) is 0 Å². The van der Waals surface area contributed by atoms with Crippen LogP contribution in [-0.2, 0) is 6.42 Å². The van der Waals surface area contributed by atoms with Crippen LogP contribution in [0, 0.1) is 0 Å². The Morgan fingerprint density at radius 3 is 2.57 bits per heavy atom. The molecule has 14 heavy (non-hydrogen) atoms. The van der Waals surface area contributed by atoms with Crippen LogP contribution in [0.4, 0.5) is 13.2 Å². The lowest BCUT2D eigenvalue weighted by atomic mass is 10.3. The van der Waals surface area contributed by atoms with Gasteiger partial charge in [-0.1, -0.05) is 18.3 Å². The first-order valence-electron chi connectivity index (χ1n) is 4.07. The lowest BCUT2D eigenvalue weighted by Crippen LogP contribution is -2.11. The van der Waals surface area contributed by atoms with Crippen LogP contribution in [0.1, 0.15) is 29.4 Å². The van der Waals surface area contributed by atoms with Crippen molar-refractivity contribution in [3.8, 4) is 0 Å². The normalized spacial score (nSPS) is 14.4. The highest BCUT2D eigenvalue weighted by atomic mass is 32.1. The lowest BCUT2D eigenvalue weighted by Gasteiger charge is -2.02. The molecule has 0 fully saturated rings. The van der Waals surface area contributed by atoms with Crippen molar-refractivity contribution >= 4 is 11.3 Å². The van der Waals surface area contributed by atoms with Crippen LogP contribution in [0.2, 0.25) is 0 Å². The summed E-state index contributed by atoms with van der Waals surface area (Å²) in [5.41, 5.74) is 5.60. The number of nitrogens with two attached hydrogens (primary N) is 1. The monoisotopic (exact) mass is 225 g/mol. The molecule has 1 atom stereocenters. The second kappa shape index (κ2) is 4.22. The summed E-state index contributed by atoms with van der Waals surface area (Å²) in [6.45, 7) is 1.84. The van der Waals surface area contributed by atoms with Gasteiger partial charge in [0.1, 0.15) is 10.0 Å². The van der Waals surface area contributed by atoms with Crippen LogP contribution in [0.25, 0.3) is 0 Å². The van der Waals surface area contributed by atoms with E-state index in [1.54, 1.807) is 0 Å². The minimum absolute atomic E-state index is 0.0311. The Balaban J connectivity index is 2.69. The van der Waals surface area contributed by atoms with Crippen LogP contribution in [0.15, 0.2) is 0 Å². The fourth-order valence-electron chi connectivity index (χ4n) is 0.834. The highest BCUT2D eigenvalue weighted by Gasteiger charge is 2.30. The number of halogens is 3. The Hall–Kier alpha value is -0.690. The van der Waals surface area contributed by atoms with Crippen LogP contribution in [0.3, 0.4) is 0 Å². The van der Waals surface area contributed by atoms with Crippen LogP contribution in [0.5, 0.6) is 0 Å². The van der Waals surface area contributed by atoms with E-state index in [2.05, 4.69) is 10.2 Å². The zero-order valence-corrected chi connectivity index (χ0v) is 8.32.